The molecule has 1 aromatic heterocycles. The summed E-state index contributed by atoms with van der Waals surface area (Å²) >= 11 is 0. The molecule has 1 heterocycles. The van der Waals surface area contributed by atoms with Gasteiger partial charge in [-0.05, 0) is 29.8 Å². The minimum Gasteiger partial charge on any atom is -0.477 e. The van der Waals surface area contributed by atoms with Crippen LogP contribution in [0.3, 0.4) is 0 Å². The predicted molar refractivity (Wildman–Crippen MR) is 57.6 cm³/mol. The molecule has 2 rings (SSSR count). The number of hydrogen-bond acceptors (Lipinski definition) is 2. The third-order valence-electron chi connectivity index (χ3n) is 2.14. The Kier molecular flexibility index (Phi) is 2.17. The summed E-state index contributed by atoms with van der Waals surface area (Å²) in [5.41, 5.74) is 8.10. The average molecular weight is 202 g/mol. The first-order valence-corrected chi connectivity index (χ1v) is 4.45. The molecular weight excluding hydrogens is 192 g/mol. The molecule has 0 saturated heterocycles. The van der Waals surface area contributed by atoms with Crippen LogP contribution in [0.5, 0.6) is 0 Å². The number of rotatable bonds is 2. The summed E-state index contributed by atoms with van der Waals surface area (Å²) in [6, 6.07) is 10.5. The summed E-state index contributed by atoms with van der Waals surface area (Å²) < 4.78 is 0. The van der Waals surface area contributed by atoms with E-state index < -0.39 is 5.97 Å². The lowest BCUT2D eigenvalue weighted by Gasteiger charge is -1.98. The number of nitrogens with one attached hydrogen (secondary N) is 1. The van der Waals surface area contributed by atoms with Crippen molar-refractivity contribution >= 4 is 11.7 Å². The highest BCUT2D eigenvalue weighted by Crippen LogP contribution is 2.19. The number of aromatic carboxylic acids is 1. The van der Waals surface area contributed by atoms with Gasteiger partial charge in [-0.1, -0.05) is 12.1 Å². The van der Waals surface area contributed by atoms with Crippen molar-refractivity contribution < 1.29 is 9.90 Å². The number of anilines is 1. The van der Waals surface area contributed by atoms with Gasteiger partial charge in [0.1, 0.15) is 5.69 Å². The van der Waals surface area contributed by atoms with Gasteiger partial charge in [-0.2, -0.15) is 0 Å². The highest BCUT2D eigenvalue weighted by molar-refractivity contribution is 5.86. The van der Waals surface area contributed by atoms with E-state index >= 15 is 0 Å². The number of carboxylic acid groups (broad SMARTS) is 1. The van der Waals surface area contributed by atoms with Crippen LogP contribution in [-0.4, -0.2) is 16.1 Å². The standard InChI is InChI=1S/C11H10N2O2/c12-8-3-1-7(2-4-8)9-5-6-10(13-9)11(14)15/h1-6,13H,12H2,(H,14,15). The molecule has 4 heteroatoms. The number of aromatic amines is 1. The lowest BCUT2D eigenvalue weighted by atomic mass is 10.1. The van der Waals surface area contributed by atoms with E-state index in [2.05, 4.69) is 4.98 Å². The second kappa shape index (κ2) is 3.49. The fourth-order valence-corrected chi connectivity index (χ4v) is 1.35. The third-order valence-corrected chi connectivity index (χ3v) is 2.14. The van der Waals surface area contributed by atoms with Crippen molar-refractivity contribution in [1.82, 2.24) is 4.98 Å². The van der Waals surface area contributed by atoms with E-state index in [0.717, 1.165) is 11.3 Å². The number of carboxylic acids is 1. The molecular formula is C11H10N2O2. The van der Waals surface area contributed by atoms with E-state index in [0.29, 0.717) is 5.69 Å². The van der Waals surface area contributed by atoms with Crippen LogP contribution in [0, 0.1) is 0 Å². The first kappa shape index (κ1) is 9.33. The first-order valence-electron chi connectivity index (χ1n) is 4.45. The van der Waals surface area contributed by atoms with E-state index in [1.165, 1.54) is 6.07 Å². The molecule has 0 amide bonds. The Hall–Kier alpha value is -2.23. The molecule has 0 aliphatic heterocycles. The van der Waals surface area contributed by atoms with Crippen LogP contribution in [0.4, 0.5) is 5.69 Å². The topological polar surface area (TPSA) is 79.1 Å². The van der Waals surface area contributed by atoms with Crippen molar-refractivity contribution in [2.45, 2.75) is 0 Å². The maximum atomic E-state index is 10.6. The number of benzene rings is 1. The molecule has 4 nitrogen and oxygen atoms in total. The molecule has 2 aromatic rings. The number of H-pyrrole nitrogens is 1. The van der Waals surface area contributed by atoms with E-state index in [1.807, 2.05) is 12.1 Å². The SMILES string of the molecule is Nc1ccc(-c2ccc(C(=O)O)[nH]2)cc1. The molecule has 0 bridgehead atoms. The van der Waals surface area contributed by atoms with Gasteiger partial charge in [0.15, 0.2) is 0 Å². The summed E-state index contributed by atoms with van der Waals surface area (Å²) in [6.07, 6.45) is 0. The maximum absolute atomic E-state index is 10.6. The molecule has 0 spiro atoms. The summed E-state index contributed by atoms with van der Waals surface area (Å²) in [4.78, 5) is 13.5. The van der Waals surface area contributed by atoms with Gasteiger partial charge < -0.3 is 15.8 Å². The summed E-state index contributed by atoms with van der Waals surface area (Å²) in [7, 11) is 0. The Morgan fingerprint density at radius 3 is 2.33 bits per heavy atom. The molecule has 0 aliphatic carbocycles. The number of aromatic nitrogens is 1. The largest absolute Gasteiger partial charge is 0.477 e. The van der Waals surface area contributed by atoms with Crippen molar-refractivity contribution in [2.24, 2.45) is 0 Å². The van der Waals surface area contributed by atoms with Crippen LogP contribution in [0.25, 0.3) is 11.3 Å². The van der Waals surface area contributed by atoms with Crippen molar-refractivity contribution in [2.75, 3.05) is 5.73 Å². The van der Waals surface area contributed by atoms with Crippen molar-refractivity contribution in [1.29, 1.82) is 0 Å². The second-order valence-corrected chi connectivity index (χ2v) is 3.21. The minimum atomic E-state index is -0.961. The summed E-state index contributed by atoms with van der Waals surface area (Å²) in [6.45, 7) is 0. The maximum Gasteiger partial charge on any atom is 0.352 e. The molecule has 0 aliphatic rings. The Labute approximate surface area is 86.4 Å². The number of carbonyl (C=O) groups is 1. The quantitative estimate of drug-likeness (QED) is 0.651. The van der Waals surface area contributed by atoms with Crippen LogP contribution < -0.4 is 5.73 Å². The Morgan fingerprint density at radius 1 is 1.13 bits per heavy atom. The Morgan fingerprint density at radius 2 is 1.80 bits per heavy atom. The fraction of sp³-hybridized carbons (Fsp3) is 0. The molecule has 1 aromatic carbocycles. The van der Waals surface area contributed by atoms with Crippen LogP contribution in [0.1, 0.15) is 10.5 Å². The second-order valence-electron chi connectivity index (χ2n) is 3.21. The van der Waals surface area contributed by atoms with E-state index in [4.69, 9.17) is 10.8 Å². The predicted octanol–water partition coefficient (Wildman–Crippen LogP) is 1.96. The fourth-order valence-electron chi connectivity index (χ4n) is 1.35. The summed E-state index contributed by atoms with van der Waals surface area (Å²) in [5, 5.41) is 8.74. The lowest BCUT2D eigenvalue weighted by molar-refractivity contribution is 0.0691. The van der Waals surface area contributed by atoms with Gasteiger partial charge >= 0.3 is 5.97 Å². The monoisotopic (exact) mass is 202 g/mol. The Bertz CT molecular complexity index is 486. The molecule has 4 N–H and O–H groups in total. The van der Waals surface area contributed by atoms with Crippen molar-refractivity contribution in [3.8, 4) is 11.3 Å². The van der Waals surface area contributed by atoms with Gasteiger partial charge in [0.2, 0.25) is 0 Å². The molecule has 15 heavy (non-hydrogen) atoms. The number of nitrogens with two attached hydrogens (primary N) is 1. The minimum absolute atomic E-state index is 0.182. The van der Waals surface area contributed by atoms with Crippen molar-refractivity contribution in [3.63, 3.8) is 0 Å². The Balaban J connectivity index is 2.37. The zero-order valence-electron chi connectivity index (χ0n) is 7.90. The van der Waals surface area contributed by atoms with Crippen LogP contribution >= 0.6 is 0 Å². The zero-order valence-corrected chi connectivity index (χ0v) is 7.90. The number of nitrogen functional groups attached to an aromatic ring is 1. The van der Waals surface area contributed by atoms with Gasteiger partial charge in [0, 0.05) is 11.4 Å². The summed E-state index contributed by atoms with van der Waals surface area (Å²) in [5.74, 6) is -0.961. The zero-order chi connectivity index (χ0) is 10.8. The normalized spacial score (nSPS) is 10.1. The van der Waals surface area contributed by atoms with Crippen LogP contribution in [0.2, 0.25) is 0 Å². The third kappa shape index (κ3) is 1.83. The number of hydrogen-bond donors (Lipinski definition) is 3. The van der Waals surface area contributed by atoms with Crippen LogP contribution in [-0.2, 0) is 0 Å². The smallest absolute Gasteiger partial charge is 0.352 e. The first-order chi connectivity index (χ1) is 7.16. The van der Waals surface area contributed by atoms with Crippen LogP contribution in [0.15, 0.2) is 36.4 Å². The van der Waals surface area contributed by atoms with Gasteiger partial charge in [-0.3, -0.25) is 0 Å². The van der Waals surface area contributed by atoms with Crippen molar-refractivity contribution in [3.05, 3.63) is 42.1 Å². The molecule has 0 atom stereocenters. The molecule has 0 fully saturated rings. The molecule has 0 saturated carbocycles. The van der Waals surface area contributed by atoms with E-state index in [9.17, 15) is 4.79 Å². The van der Waals surface area contributed by atoms with Gasteiger partial charge in [0.05, 0.1) is 0 Å². The molecule has 0 radical (unpaired) electrons. The molecule has 76 valence electrons. The molecule has 0 unspecified atom stereocenters. The lowest BCUT2D eigenvalue weighted by Crippen LogP contribution is -1.95. The highest BCUT2D eigenvalue weighted by Gasteiger charge is 2.06. The van der Waals surface area contributed by atoms with Gasteiger partial charge in [-0.15, -0.1) is 0 Å². The van der Waals surface area contributed by atoms with Gasteiger partial charge in [-0.25, -0.2) is 4.79 Å². The van der Waals surface area contributed by atoms with E-state index in [1.54, 1.807) is 18.2 Å². The highest BCUT2D eigenvalue weighted by atomic mass is 16.4. The van der Waals surface area contributed by atoms with E-state index in [-0.39, 0.29) is 5.69 Å². The van der Waals surface area contributed by atoms with Gasteiger partial charge in [0.25, 0.3) is 0 Å². The average Bonchev–Trinajstić information content (AvgIpc) is 2.68.